The first-order valence-corrected chi connectivity index (χ1v) is 3.75. The van der Waals surface area contributed by atoms with Gasteiger partial charge in [0.25, 0.3) is 0 Å². The average Bonchev–Trinajstić information content (AvgIpc) is 2.14. The normalized spacial score (nSPS) is 9.08. The second-order valence-electron chi connectivity index (χ2n) is 2.16. The second-order valence-corrected chi connectivity index (χ2v) is 2.16. The van der Waals surface area contributed by atoms with Gasteiger partial charge in [0.05, 0.1) is 13.7 Å². The zero-order chi connectivity index (χ0) is 10.1. The molecule has 3 heteroatoms. The minimum atomic E-state index is -0.440. The molecule has 0 rings (SSSR count). The Morgan fingerprint density at radius 2 is 2.31 bits per heavy atom. The van der Waals surface area contributed by atoms with Crippen LogP contribution in [0.1, 0.15) is 6.42 Å². The van der Waals surface area contributed by atoms with Crippen molar-refractivity contribution < 1.29 is 14.6 Å². The molecule has 0 saturated heterocycles. The van der Waals surface area contributed by atoms with Crippen molar-refractivity contribution in [3.8, 4) is 11.8 Å². The van der Waals surface area contributed by atoms with Crippen molar-refractivity contribution in [3.05, 3.63) is 24.3 Å². The van der Waals surface area contributed by atoms with Gasteiger partial charge in [0.2, 0.25) is 0 Å². The molecular weight excluding hydrogens is 168 g/mol. The van der Waals surface area contributed by atoms with Gasteiger partial charge in [-0.1, -0.05) is 18.4 Å². The van der Waals surface area contributed by atoms with E-state index in [-0.39, 0.29) is 6.61 Å². The molecule has 0 spiro atoms. The van der Waals surface area contributed by atoms with Gasteiger partial charge >= 0.3 is 5.97 Å². The quantitative estimate of drug-likeness (QED) is 0.300. The van der Waals surface area contributed by atoms with E-state index in [4.69, 9.17) is 5.11 Å². The number of hydrogen-bond donors (Lipinski definition) is 1. The Kier molecular flexibility index (Phi) is 6.30. The van der Waals surface area contributed by atoms with Crippen molar-refractivity contribution >= 4 is 5.97 Å². The van der Waals surface area contributed by atoms with Crippen molar-refractivity contribution in [2.75, 3.05) is 13.7 Å². The van der Waals surface area contributed by atoms with Crippen LogP contribution in [-0.4, -0.2) is 24.8 Å². The van der Waals surface area contributed by atoms with Crippen molar-refractivity contribution in [1.29, 1.82) is 0 Å². The molecule has 0 amide bonds. The first-order chi connectivity index (χ1) is 6.20. The summed E-state index contributed by atoms with van der Waals surface area (Å²) >= 11 is 0. The molecule has 0 aliphatic carbocycles. The number of esters is 1. The molecule has 0 aromatic heterocycles. The van der Waals surface area contributed by atoms with Crippen LogP contribution in [0.4, 0.5) is 0 Å². The lowest BCUT2D eigenvalue weighted by atomic mass is 10.2. The van der Waals surface area contributed by atoms with Crippen molar-refractivity contribution in [1.82, 2.24) is 0 Å². The summed E-state index contributed by atoms with van der Waals surface area (Å²) in [5.74, 6) is 4.90. The molecule has 13 heavy (non-hydrogen) atoms. The van der Waals surface area contributed by atoms with Gasteiger partial charge in [0.15, 0.2) is 0 Å². The number of methoxy groups -OCH3 is 1. The highest BCUT2D eigenvalue weighted by molar-refractivity contribution is 5.82. The van der Waals surface area contributed by atoms with E-state index in [1.807, 2.05) is 0 Å². The number of rotatable bonds is 3. The number of carbonyl (C=O) groups excluding carboxylic acids is 1. The van der Waals surface area contributed by atoms with Crippen LogP contribution in [0.2, 0.25) is 0 Å². The molecule has 70 valence electrons. The summed E-state index contributed by atoms with van der Waals surface area (Å²) in [6.07, 6.45) is 3.12. The molecule has 0 heterocycles. The molecule has 1 N–H and O–H groups in total. The molecule has 0 unspecified atom stereocenters. The topological polar surface area (TPSA) is 46.5 Å². The molecule has 0 radical (unpaired) electrons. The first kappa shape index (κ1) is 11.5. The van der Waals surface area contributed by atoms with Gasteiger partial charge in [-0.2, -0.15) is 0 Å². The van der Waals surface area contributed by atoms with E-state index in [0.717, 1.165) is 0 Å². The fourth-order valence-corrected chi connectivity index (χ4v) is 0.510. The zero-order valence-corrected chi connectivity index (χ0v) is 7.54. The Hall–Kier alpha value is -1.53. The Labute approximate surface area is 77.7 Å². The molecule has 0 atom stereocenters. The Bertz CT molecular complexity index is 266. The largest absolute Gasteiger partial charge is 0.466 e. The van der Waals surface area contributed by atoms with Crippen LogP contribution in [0.25, 0.3) is 0 Å². The van der Waals surface area contributed by atoms with Crippen molar-refractivity contribution in [2.24, 2.45) is 0 Å². The summed E-state index contributed by atoms with van der Waals surface area (Å²) in [4.78, 5) is 10.6. The van der Waals surface area contributed by atoms with Gasteiger partial charge in [-0.05, 0) is 6.08 Å². The maximum atomic E-state index is 10.6. The summed E-state index contributed by atoms with van der Waals surface area (Å²) in [6, 6.07) is 0. The number of aliphatic hydroxyl groups is 1. The van der Waals surface area contributed by atoms with Gasteiger partial charge in [-0.15, -0.1) is 0 Å². The average molecular weight is 180 g/mol. The maximum Gasteiger partial charge on any atom is 0.330 e. The van der Waals surface area contributed by atoms with Gasteiger partial charge in [-0.25, -0.2) is 4.79 Å². The van der Waals surface area contributed by atoms with Crippen molar-refractivity contribution in [2.45, 2.75) is 6.42 Å². The maximum absolute atomic E-state index is 10.6. The predicted octanol–water partition coefficient (Wildman–Crippen LogP) is 0.658. The van der Waals surface area contributed by atoms with E-state index in [9.17, 15) is 4.79 Å². The van der Waals surface area contributed by atoms with E-state index in [1.165, 1.54) is 19.3 Å². The summed E-state index contributed by atoms with van der Waals surface area (Å²) in [7, 11) is 1.30. The second kappa shape index (κ2) is 7.14. The number of ether oxygens (including phenoxy) is 1. The summed E-state index contributed by atoms with van der Waals surface area (Å²) in [5, 5.41) is 8.41. The van der Waals surface area contributed by atoms with E-state index in [2.05, 4.69) is 23.2 Å². The number of aliphatic hydroxyl groups excluding tert-OH is 1. The van der Waals surface area contributed by atoms with Crippen LogP contribution in [0.15, 0.2) is 24.3 Å². The lowest BCUT2D eigenvalue weighted by Gasteiger charge is -1.88. The summed E-state index contributed by atoms with van der Waals surface area (Å²) in [6.45, 7) is 3.61. The van der Waals surface area contributed by atoms with Gasteiger partial charge in [0.1, 0.15) is 0 Å². The van der Waals surface area contributed by atoms with Crippen molar-refractivity contribution in [3.63, 3.8) is 0 Å². The molecular formula is C10H12O3. The third-order valence-electron chi connectivity index (χ3n) is 1.11. The van der Waals surface area contributed by atoms with E-state index < -0.39 is 5.97 Å². The first-order valence-electron chi connectivity index (χ1n) is 3.75. The highest BCUT2D eigenvalue weighted by atomic mass is 16.5. The third-order valence-corrected chi connectivity index (χ3v) is 1.11. The highest BCUT2D eigenvalue weighted by Gasteiger charge is 1.89. The van der Waals surface area contributed by atoms with E-state index >= 15 is 0 Å². The summed E-state index contributed by atoms with van der Waals surface area (Å²) < 4.78 is 4.37. The number of allylic oxidation sites excluding steroid dienone is 2. The lowest BCUT2D eigenvalue weighted by Crippen LogP contribution is -1.93. The SMILES string of the molecule is C=C(C#CCCO)C=CC(=O)OC. The minimum Gasteiger partial charge on any atom is -0.466 e. The fraction of sp³-hybridized carbons (Fsp3) is 0.300. The Balaban J connectivity index is 3.96. The van der Waals surface area contributed by atoms with Crippen LogP contribution in [-0.2, 0) is 9.53 Å². The van der Waals surface area contributed by atoms with E-state index in [0.29, 0.717) is 12.0 Å². The lowest BCUT2D eigenvalue weighted by molar-refractivity contribution is -0.134. The number of carbonyl (C=O) groups is 1. The number of hydrogen-bond acceptors (Lipinski definition) is 3. The van der Waals surface area contributed by atoms with Crippen LogP contribution in [0, 0.1) is 11.8 Å². The molecule has 0 aliphatic rings. The molecule has 3 nitrogen and oxygen atoms in total. The fourth-order valence-electron chi connectivity index (χ4n) is 0.510. The van der Waals surface area contributed by atoms with Gasteiger partial charge in [-0.3, -0.25) is 0 Å². The standard InChI is InChI=1S/C10H12O3/c1-9(5-3-4-8-11)6-7-10(12)13-2/h6-7,11H,1,4,8H2,2H3. The van der Waals surface area contributed by atoms with Crippen LogP contribution in [0.5, 0.6) is 0 Å². The Morgan fingerprint density at radius 1 is 1.62 bits per heavy atom. The van der Waals surface area contributed by atoms with Crippen LogP contribution < -0.4 is 0 Å². The van der Waals surface area contributed by atoms with Gasteiger partial charge in [0, 0.05) is 18.1 Å². The molecule has 0 saturated carbocycles. The summed E-state index contributed by atoms with van der Waals surface area (Å²) in [5.41, 5.74) is 0.513. The molecule has 0 aromatic rings. The third kappa shape index (κ3) is 6.85. The van der Waals surface area contributed by atoms with Crippen LogP contribution in [0.3, 0.4) is 0 Å². The monoisotopic (exact) mass is 180 g/mol. The predicted molar refractivity (Wildman–Crippen MR) is 49.8 cm³/mol. The zero-order valence-electron chi connectivity index (χ0n) is 7.54. The molecule has 0 bridgehead atoms. The Morgan fingerprint density at radius 3 is 2.85 bits per heavy atom. The molecule has 0 aromatic carbocycles. The molecule has 0 fully saturated rings. The van der Waals surface area contributed by atoms with E-state index in [1.54, 1.807) is 0 Å². The minimum absolute atomic E-state index is 0.0288. The highest BCUT2D eigenvalue weighted by Crippen LogP contribution is 1.91. The smallest absolute Gasteiger partial charge is 0.330 e. The van der Waals surface area contributed by atoms with Crippen LogP contribution >= 0.6 is 0 Å². The molecule has 0 aliphatic heterocycles. The van der Waals surface area contributed by atoms with Gasteiger partial charge < -0.3 is 9.84 Å².